The van der Waals surface area contributed by atoms with Gasteiger partial charge in [-0.15, -0.1) is 0 Å². The average molecular weight is 615 g/mol. The summed E-state index contributed by atoms with van der Waals surface area (Å²) in [5, 5.41) is 22.0. The fourth-order valence-electron chi connectivity index (χ4n) is 4.88. The Labute approximate surface area is 266 Å². The fourth-order valence-corrected chi connectivity index (χ4v) is 4.88. The third kappa shape index (κ3) is 13.3. The lowest BCUT2D eigenvalue weighted by Gasteiger charge is -2.16. The summed E-state index contributed by atoms with van der Waals surface area (Å²) in [6.45, 7) is 10.4. The van der Waals surface area contributed by atoms with E-state index in [4.69, 9.17) is 18.9 Å². The number of unbranched alkanes of at least 4 members (excludes halogenated alkanes) is 12. The molecule has 2 N–H and O–H groups in total. The van der Waals surface area contributed by atoms with E-state index >= 15 is 0 Å². The lowest BCUT2D eigenvalue weighted by atomic mass is 10.0. The van der Waals surface area contributed by atoms with Gasteiger partial charge in [-0.1, -0.05) is 105 Å². The van der Waals surface area contributed by atoms with Crippen molar-refractivity contribution in [1.82, 2.24) is 0 Å². The number of benzene rings is 2. The van der Waals surface area contributed by atoms with Crippen molar-refractivity contribution in [2.45, 2.75) is 130 Å². The van der Waals surface area contributed by atoms with Crippen molar-refractivity contribution in [3.63, 3.8) is 0 Å². The van der Waals surface area contributed by atoms with E-state index in [0.29, 0.717) is 37.6 Å². The summed E-state index contributed by atoms with van der Waals surface area (Å²) < 4.78 is 23.8. The van der Waals surface area contributed by atoms with Gasteiger partial charge in [-0.25, -0.2) is 0 Å². The monoisotopic (exact) mass is 614 g/mol. The Morgan fingerprint density at radius 3 is 0.932 bits per heavy atom. The van der Waals surface area contributed by atoms with Crippen LogP contribution >= 0.6 is 0 Å². The number of carbonyl (C=O) groups is 1. The summed E-state index contributed by atoms with van der Waals surface area (Å²) in [5.74, 6) is 0.437. The molecule has 44 heavy (non-hydrogen) atoms. The van der Waals surface area contributed by atoms with Crippen LogP contribution < -0.4 is 18.9 Å². The van der Waals surface area contributed by atoms with Gasteiger partial charge in [0.2, 0.25) is 11.5 Å². The van der Waals surface area contributed by atoms with E-state index in [-0.39, 0.29) is 40.3 Å². The molecule has 7 nitrogen and oxygen atoms in total. The van der Waals surface area contributed by atoms with Crippen LogP contribution in [0.25, 0.3) is 0 Å². The molecule has 0 saturated carbocycles. The van der Waals surface area contributed by atoms with Crippen molar-refractivity contribution in [2.24, 2.45) is 0 Å². The predicted molar refractivity (Wildman–Crippen MR) is 178 cm³/mol. The SMILES string of the molecule is CCCCCCOc1cc(C(=O)c2cc(OCCCCCC)c(O)c(OCCCCCC)c2)cc(OCCCCCC)c1O. The minimum atomic E-state index is -0.302. The molecular formula is C37H58O7. The summed E-state index contributed by atoms with van der Waals surface area (Å²) in [7, 11) is 0. The molecule has 0 aliphatic heterocycles. The molecule has 0 bridgehead atoms. The first kappa shape index (κ1) is 37.1. The highest BCUT2D eigenvalue weighted by atomic mass is 16.5. The van der Waals surface area contributed by atoms with Gasteiger partial charge in [-0.2, -0.15) is 0 Å². The zero-order chi connectivity index (χ0) is 32.0. The number of hydrogen-bond acceptors (Lipinski definition) is 7. The van der Waals surface area contributed by atoms with Crippen LogP contribution in [0.3, 0.4) is 0 Å². The summed E-state index contributed by atoms with van der Waals surface area (Å²) in [6, 6.07) is 6.30. The lowest BCUT2D eigenvalue weighted by molar-refractivity contribution is 0.103. The molecule has 0 spiro atoms. The standard InChI is InChI=1S/C37H58O7/c1-5-9-13-17-21-41-31-25-29(26-32(36(31)39)42-22-18-14-10-6-2)35(38)30-27-33(43-23-19-15-11-7-3)37(40)34(28-30)44-24-20-16-12-8-4/h25-28,39-40H,5-24H2,1-4H3. The van der Waals surface area contributed by atoms with E-state index < -0.39 is 0 Å². The van der Waals surface area contributed by atoms with Crippen molar-refractivity contribution in [3.8, 4) is 34.5 Å². The highest BCUT2D eigenvalue weighted by Gasteiger charge is 2.22. The number of phenols is 2. The Morgan fingerprint density at radius 2 is 0.705 bits per heavy atom. The maximum Gasteiger partial charge on any atom is 0.200 e. The molecule has 7 heteroatoms. The van der Waals surface area contributed by atoms with E-state index in [0.717, 1.165) is 103 Å². The van der Waals surface area contributed by atoms with Gasteiger partial charge in [0.05, 0.1) is 26.4 Å². The summed E-state index contributed by atoms with van der Waals surface area (Å²) in [5.41, 5.74) is 0.645. The normalized spacial score (nSPS) is 11.0. The number of hydrogen-bond donors (Lipinski definition) is 2. The van der Waals surface area contributed by atoms with E-state index in [1.165, 1.54) is 0 Å². The molecule has 2 aromatic rings. The Bertz CT molecular complexity index is 928. The zero-order valence-corrected chi connectivity index (χ0v) is 27.9. The van der Waals surface area contributed by atoms with Crippen LogP contribution in [-0.2, 0) is 0 Å². The van der Waals surface area contributed by atoms with Crippen LogP contribution in [0.5, 0.6) is 34.5 Å². The number of rotatable bonds is 26. The first-order valence-corrected chi connectivity index (χ1v) is 17.3. The maximum absolute atomic E-state index is 14.0. The Kier molecular flexibility index (Phi) is 18.9. The molecule has 0 unspecified atom stereocenters. The first-order chi connectivity index (χ1) is 21.5. The molecule has 0 aliphatic carbocycles. The molecule has 2 rings (SSSR count). The quantitative estimate of drug-likeness (QED) is 0.0804. The number of carbonyl (C=O) groups excluding carboxylic acids is 1. The van der Waals surface area contributed by atoms with Gasteiger partial charge in [0.15, 0.2) is 28.8 Å². The van der Waals surface area contributed by atoms with Crippen LogP contribution in [0, 0.1) is 0 Å². The highest BCUT2D eigenvalue weighted by molar-refractivity contribution is 6.10. The van der Waals surface area contributed by atoms with Gasteiger partial charge in [-0.05, 0) is 49.9 Å². The topological polar surface area (TPSA) is 94.5 Å². The average Bonchev–Trinajstić information content (AvgIpc) is 3.02. The second-order valence-electron chi connectivity index (χ2n) is 11.6. The first-order valence-electron chi connectivity index (χ1n) is 17.3. The van der Waals surface area contributed by atoms with E-state index in [1.54, 1.807) is 24.3 Å². The van der Waals surface area contributed by atoms with Crippen LogP contribution in [-0.4, -0.2) is 42.4 Å². The third-order valence-corrected chi connectivity index (χ3v) is 7.63. The Hall–Kier alpha value is -3.09. The van der Waals surface area contributed by atoms with Crippen LogP contribution in [0.4, 0.5) is 0 Å². The number of ether oxygens (including phenoxy) is 4. The van der Waals surface area contributed by atoms with Gasteiger partial charge in [0, 0.05) is 11.1 Å². The lowest BCUT2D eigenvalue weighted by Crippen LogP contribution is -2.08. The van der Waals surface area contributed by atoms with Gasteiger partial charge in [0.25, 0.3) is 0 Å². The molecule has 0 heterocycles. The van der Waals surface area contributed by atoms with Crippen molar-refractivity contribution in [3.05, 3.63) is 35.4 Å². The summed E-state index contributed by atoms with van der Waals surface area (Å²) in [4.78, 5) is 14.0. The largest absolute Gasteiger partial charge is 0.502 e. The minimum Gasteiger partial charge on any atom is -0.502 e. The number of ketones is 1. The zero-order valence-electron chi connectivity index (χ0n) is 27.9. The van der Waals surface area contributed by atoms with Crippen LogP contribution in [0.1, 0.15) is 146 Å². The molecule has 0 atom stereocenters. The maximum atomic E-state index is 14.0. The molecule has 248 valence electrons. The molecule has 2 aromatic carbocycles. The molecular weight excluding hydrogens is 556 g/mol. The molecule has 0 radical (unpaired) electrons. The minimum absolute atomic E-state index is 0.0922. The molecule has 0 aliphatic rings. The van der Waals surface area contributed by atoms with E-state index in [1.807, 2.05) is 0 Å². The summed E-state index contributed by atoms with van der Waals surface area (Å²) in [6.07, 6.45) is 16.5. The molecule has 0 amide bonds. The highest BCUT2D eigenvalue weighted by Crippen LogP contribution is 2.41. The predicted octanol–water partition coefficient (Wildman–Crippen LogP) is 10.2. The Balaban J connectivity index is 2.37. The van der Waals surface area contributed by atoms with Crippen molar-refractivity contribution in [1.29, 1.82) is 0 Å². The van der Waals surface area contributed by atoms with Gasteiger partial charge < -0.3 is 29.2 Å². The van der Waals surface area contributed by atoms with Crippen molar-refractivity contribution >= 4 is 5.78 Å². The van der Waals surface area contributed by atoms with Crippen LogP contribution in [0.2, 0.25) is 0 Å². The third-order valence-electron chi connectivity index (χ3n) is 7.63. The molecule has 0 saturated heterocycles. The second-order valence-corrected chi connectivity index (χ2v) is 11.6. The Morgan fingerprint density at radius 1 is 0.455 bits per heavy atom. The van der Waals surface area contributed by atoms with Crippen LogP contribution in [0.15, 0.2) is 24.3 Å². The number of aromatic hydroxyl groups is 2. The second kappa shape index (κ2) is 22.4. The van der Waals surface area contributed by atoms with Gasteiger partial charge >= 0.3 is 0 Å². The van der Waals surface area contributed by atoms with Crippen molar-refractivity contribution in [2.75, 3.05) is 26.4 Å². The summed E-state index contributed by atoms with van der Waals surface area (Å²) >= 11 is 0. The van der Waals surface area contributed by atoms with E-state index in [9.17, 15) is 15.0 Å². The van der Waals surface area contributed by atoms with Crippen molar-refractivity contribution < 1.29 is 34.0 Å². The van der Waals surface area contributed by atoms with Gasteiger partial charge in [0.1, 0.15) is 0 Å². The number of phenolic OH excluding ortho intramolecular Hbond substituents is 2. The fraction of sp³-hybridized carbons (Fsp3) is 0.649. The molecule has 0 fully saturated rings. The molecule has 0 aromatic heterocycles. The van der Waals surface area contributed by atoms with Gasteiger partial charge in [-0.3, -0.25) is 4.79 Å². The van der Waals surface area contributed by atoms with E-state index in [2.05, 4.69) is 27.7 Å². The smallest absolute Gasteiger partial charge is 0.200 e.